The molecule has 5 rings (SSSR count). The van der Waals surface area contributed by atoms with Gasteiger partial charge in [-0.2, -0.15) is 0 Å². The highest BCUT2D eigenvalue weighted by molar-refractivity contribution is 5.86. The maximum atomic E-state index is 13.5. The molecule has 1 aliphatic carbocycles. The normalized spacial score (nSPS) is 20.2. The monoisotopic (exact) mass is 460 g/mol. The van der Waals surface area contributed by atoms with Gasteiger partial charge >= 0.3 is 0 Å². The number of rotatable bonds is 5. The number of hydrogen-bond donors (Lipinski definition) is 3. The Kier molecular flexibility index (Phi) is 7.35. The Morgan fingerprint density at radius 1 is 1.00 bits per heavy atom. The van der Waals surface area contributed by atoms with Crippen LogP contribution in [0.25, 0.3) is 22.2 Å². The van der Waals surface area contributed by atoms with Gasteiger partial charge in [0.05, 0.1) is 24.3 Å². The summed E-state index contributed by atoms with van der Waals surface area (Å²) in [5, 5.41) is 12.3. The van der Waals surface area contributed by atoms with Crippen LogP contribution >= 0.6 is 0 Å². The Morgan fingerprint density at radius 2 is 1.73 bits per heavy atom. The molecule has 1 saturated heterocycles. The fourth-order valence-electron chi connectivity index (χ4n) is 4.04. The zero-order valence-corrected chi connectivity index (χ0v) is 18.1. The van der Waals surface area contributed by atoms with E-state index in [-0.39, 0.29) is 42.0 Å². The summed E-state index contributed by atoms with van der Waals surface area (Å²) in [7, 11) is 0. The van der Waals surface area contributed by atoms with Crippen LogP contribution in [0.1, 0.15) is 32.1 Å². The molecule has 2 aliphatic rings. The summed E-state index contributed by atoms with van der Waals surface area (Å²) in [5.74, 6) is -1.17. The molecule has 2 fully saturated rings. The lowest BCUT2D eigenvalue weighted by molar-refractivity contribution is -0.128. The van der Waals surface area contributed by atoms with Crippen molar-refractivity contribution in [1.29, 1.82) is 0 Å². The smallest absolute Gasteiger partial charge is 0.223 e. The lowest BCUT2D eigenvalue weighted by Crippen LogP contribution is -2.38. The highest BCUT2D eigenvalue weighted by Gasteiger charge is 2.28. The molecule has 176 valence electrons. The number of ether oxygens (including phenoxy) is 1. The van der Waals surface area contributed by atoms with E-state index in [9.17, 15) is 18.0 Å². The van der Waals surface area contributed by atoms with E-state index in [4.69, 9.17) is 9.84 Å². The molecule has 1 amide bonds. The van der Waals surface area contributed by atoms with Crippen LogP contribution in [0.3, 0.4) is 0 Å². The van der Waals surface area contributed by atoms with E-state index in [1.165, 1.54) is 24.6 Å². The molecule has 1 aliphatic heterocycles. The average Bonchev–Trinajstić information content (AvgIpc) is 3.39. The molecule has 2 atom stereocenters. The van der Waals surface area contributed by atoms with Gasteiger partial charge in [-0.3, -0.25) is 4.79 Å². The average molecular weight is 460 g/mol. The van der Waals surface area contributed by atoms with E-state index in [1.54, 1.807) is 18.2 Å². The summed E-state index contributed by atoms with van der Waals surface area (Å²) < 4.78 is 44.9. The highest BCUT2D eigenvalue weighted by Crippen LogP contribution is 2.27. The number of carbonyl (C=O) groups excluding carboxylic acids is 1. The van der Waals surface area contributed by atoms with Crippen molar-refractivity contribution in [2.75, 3.05) is 13.2 Å². The number of fused-ring (bicyclic) bond motifs is 1. The minimum absolute atomic E-state index is 0.0180. The second kappa shape index (κ2) is 10.4. The van der Waals surface area contributed by atoms with Crippen LogP contribution in [-0.2, 0) is 9.53 Å². The quantitative estimate of drug-likeness (QED) is 0.517. The molecule has 0 radical (unpaired) electrons. The number of H-pyrrole nitrogens is 1. The minimum atomic E-state index is -0.640. The van der Waals surface area contributed by atoms with E-state index in [1.807, 2.05) is 0 Å². The van der Waals surface area contributed by atoms with Crippen molar-refractivity contribution in [3.8, 4) is 11.3 Å². The standard InChI is InChI=1S/C14H8F3N.C11H19NO3/c15-10-3-1-8(2-4-10)13-6-9-5-11(16)7-12(17)14(9)18-13;13-7-10-5-4-9(15-10)6-12-11(14)8-2-1-3-8/h1-7,18H;8-10,13H,1-7H2,(H,12,14). The van der Waals surface area contributed by atoms with Gasteiger partial charge in [0.1, 0.15) is 17.5 Å². The predicted molar refractivity (Wildman–Crippen MR) is 119 cm³/mol. The minimum Gasteiger partial charge on any atom is -0.394 e. The Morgan fingerprint density at radius 3 is 2.36 bits per heavy atom. The lowest BCUT2D eigenvalue weighted by atomic mass is 9.85. The SMILES string of the molecule is Fc1ccc(-c2cc3cc(F)cc(F)c3[nH]2)cc1.O=C(NCC1CCC(CO)O1)C1CCC1. The van der Waals surface area contributed by atoms with Crippen molar-refractivity contribution in [3.05, 3.63) is 59.9 Å². The molecular formula is C25H27F3N2O3. The van der Waals surface area contributed by atoms with Gasteiger partial charge < -0.3 is 20.1 Å². The van der Waals surface area contributed by atoms with Crippen molar-refractivity contribution in [2.45, 2.75) is 44.3 Å². The molecular weight excluding hydrogens is 433 g/mol. The van der Waals surface area contributed by atoms with Gasteiger partial charge in [-0.15, -0.1) is 0 Å². The molecule has 2 unspecified atom stereocenters. The predicted octanol–water partition coefficient (Wildman–Crippen LogP) is 4.69. The molecule has 5 nitrogen and oxygen atoms in total. The number of nitrogens with one attached hydrogen (secondary N) is 2. The van der Waals surface area contributed by atoms with Crippen molar-refractivity contribution >= 4 is 16.8 Å². The summed E-state index contributed by atoms with van der Waals surface area (Å²) in [6.45, 7) is 0.693. The van der Waals surface area contributed by atoms with Crippen molar-refractivity contribution in [3.63, 3.8) is 0 Å². The Balaban J connectivity index is 0.000000160. The first-order valence-corrected chi connectivity index (χ1v) is 11.2. The summed E-state index contributed by atoms with van der Waals surface area (Å²) in [4.78, 5) is 14.4. The van der Waals surface area contributed by atoms with Crippen molar-refractivity contribution in [2.24, 2.45) is 5.92 Å². The summed E-state index contributed by atoms with van der Waals surface area (Å²) in [5.41, 5.74) is 1.58. The molecule has 8 heteroatoms. The zero-order valence-electron chi connectivity index (χ0n) is 18.1. The second-order valence-corrected chi connectivity index (χ2v) is 8.55. The van der Waals surface area contributed by atoms with Gasteiger partial charge in [0.25, 0.3) is 0 Å². The number of halogens is 3. The van der Waals surface area contributed by atoms with E-state index < -0.39 is 11.6 Å². The van der Waals surface area contributed by atoms with Crippen LogP contribution in [0.5, 0.6) is 0 Å². The van der Waals surface area contributed by atoms with Crippen LogP contribution in [-0.4, -0.2) is 41.4 Å². The molecule has 3 aromatic rings. The van der Waals surface area contributed by atoms with Crippen LogP contribution < -0.4 is 5.32 Å². The van der Waals surface area contributed by atoms with Gasteiger partial charge in [0.2, 0.25) is 5.91 Å². The van der Waals surface area contributed by atoms with Crippen LogP contribution in [0.15, 0.2) is 42.5 Å². The zero-order chi connectivity index (χ0) is 23.4. The molecule has 2 heterocycles. The van der Waals surface area contributed by atoms with Gasteiger partial charge in [-0.05, 0) is 67.6 Å². The number of carbonyl (C=O) groups is 1. The van der Waals surface area contributed by atoms with Crippen LogP contribution in [0.2, 0.25) is 0 Å². The first kappa shape index (κ1) is 23.3. The fraction of sp³-hybridized carbons (Fsp3) is 0.400. The largest absolute Gasteiger partial charge is 0.394 e. The number of amides is 1. The number of hydrogen-bond acceptors (Lipinski definition) is 3. The summed E-state index contributed by atoms with van der Waals surface area (Å²) >= 11 is 0. The van der Waals surface area contributed by atoms with Gasteiger partial charge in [0, 0.05) is 29.6 Å². The first-order valence-electron chi connectivity index (χ1n) is 11.2. The van der Waals surface area contributed by atoms with Crippen molar-refractivity contribution < 1.29 is 27.8 Å². The topological polar surface area (TPSA) is 74.4 Å². The molecule has 0 bridgehead atoms. The van der Waals surface area contributed by atoms with E-state index in [0.29, 0.717) is 23.2 Å². The Hall–Kier alpha value is -2.84. The number of benzene rings is 2. The Labute approximate surface area is 190 Å². The number of aromatic nitrogens is 1. The molecule has 1 aromatic heterocycles. The lowest BCUT2D eigenvalue weighted by Gasteiger charge is -2.24. The molecule has 33 heavy (non-hydrogen) atoms. The van der Waals surface area contributed by atoms with Gasteiger partial charge in [0.15, 0.2) is 0 Å². The summed E-state index contributed by atoms with van der Waals surface area (Å²) in [6, 6.07) is 9.50. The number of aliphatic hydroxyl groups excluding tert-OH is 1. The Bertz CT molecular complexity index is 1100. The molecule has 1 saturated carbocycles. The maximum absolute atomic E-state index is 13.5. The van der Waals surface area contributed by atoms with Crippen LogP contribution in [0, 0.1) is 23.4 Å². The third-order valence-corrected chi connectivity index (χ3v) is 6.18. The number of aromatic amines is 1. The second-order valence-electron chi connectivity index (χ2n) is 8.55. The van der Waals surface area contributed by atoms with Crippen molar-refractivity contribution in [1.82, 2.24) is 10.3 Å². The molecule has 3 N–H and O–H groups in total. The maximum Gasteiger partial charge on any atom is 0.223 e. The third kappa shape index (κ3) is 5.75. The third-order valence-electron chi connectivity index (χ3n) is 6.18. The highest BCUT2D eigenvalue weighted by atomic mass is 19.1. The van der Waals surface area contributed by atoms with Gasteiger partial charge in [-0.25, -0.2) is 13.2 Å². The number of aliphatic hydroxyl groups is 1. The fourth-order valence-corrected chi connectivity index (χ4v) is 4.04. The van der Waals surface area contributed by atoms with Gasteiger partial charge in [-0.1, -0.05) is 6.42 Å². The van der Waals surface area contributed by atoms with Crippen LogP contribution in [0.4, 0.5) is 13.2 Å². The van der Waals surface area contributed by atoms with E-state index >= 15 is 0 Å². The van der Waals surface area contributed by atoms with E-state index in [2.05, 4.69) is 10.3 Å². The first-order chi connectivity index (χ1) is 15.9. The van der Waals surface area contributed by atoms with E-state index in [0.717, 1.165) is 31.7 Å². The molecule has 0 spiro atoms. The summed E-state index contributed by atoms with van der Waals surface area (Å²) in [6.07, 6.45) is 5.19. The molecule has 2 aromatic carbocycles.